The van der Waals surface area contributed by atoms with Gasteiger partial charge in [0.1, 0.15) is 11.6 Å². The van der Waals surface area contributed by atoms with Crippen LogP contribution in [0.15, 0.2) is 72.8 Å². The maximum Gasteiger partial charge on any atom is 0.322 e. The Bertz CT molecular complexity index is 982. The number of anilines is 1. The summed E-state index contributed by atoms with van der Waals surface area (Å²) in [4.78, 5) is 14.8. The van der Waals surface area contributed by atoms with E-state index in [1.54, 1.807) is 4.90 Å². The summed E-state index contributed by atoms with van der Waals surface area (Å²) in [5.74, 6) is -1.45. The molecule has 0 radical (unpaired) electrons. The molecule has 148 valence electrons. The van der Waals surface area contributed by atoms with E-state index >= 15 is 0 Å². The molecule has 0 atom stereocenters. The molecular weight excluding hydrogens is 370 g/mol. The van der Waals surface area contributed by atoms with Crippen LogP contribution in [0.1, 0.15) is 16.7 Å². The van der Waals surface area contributed by atoms with E-state index in [1.807, 2.05) is 42.5 Å². The molecular formula is C24H22F2N2O. The van der Waals surface area contributed by atoms with Crippen LogP contribution < -0.4 is 5.32 Å². The topological polar surface area (TPSA) is 32.3 Å². The fourth-order valence-electron chi connectivity index (χ4n) is 3.88. The first-order valence-electron chi connectivity index (χ1n) is 9.73. The number of carbonyl (C=O) groups is 1. The molecule has 1 N–H and O–H groups in total. The van der Waals surface area contributed by atoms with Crippen LogP contribution in [0.4, 0.5) is 19.3 Å². The van der Waals surface area contributed by atoms with E-state index in [4.69, 9.17) is 0 Å². The van der Waals surface area contributed by atoms with Crippen LogP contribution in [0.3, 0.4) is 0 Å². The Hall–Kier alpha value is -3.21. The monoisotopic (exact) mass is 392 g/mol. The molecule has 0 saturated heterocycles. The summed E-state index contributed by atoms with van der Waals surface area (Å²) >= 11 is 0. The molecule has 0 unspecified atom stereocenters. The van der Waals surface area contributed by atoms with Crippen molar-refractivity contribution in [2.45, 2.75) is 25.3 Å². The first kappa shape index (κ1) is 19.1. The first-order chi connectivity index (χ1) is 14.1. The molecule has 1 aliphatic carbocycles. The number of hydrogen-bond donors (Lipinski definition) is 1. The molecule has 4 rings (SSSR count). The Morgan fingerprint density at radius 2 is 1.59 bits per heavy atom. The average Bonchev–Trinajstić information content (AvgIpc) is 3.15. The van der Waals surface area contributed by atoms with Gasteiger partial charge in [-0.25, -0.2) is 13.6 Å². The summed E-state index contributed by atoms with van der Waals surface area (Å²) in [5, 5.41) is 2.62. The molecule has 29 heavy (non-hydrogen) atoms. The van der Waals surface area contributed by atoms with Gasteiger partial charge < -0.3 is 10.2 Å². The van der Waals surface area contributed by atoms with Crippen LogP contribution >= 0.6 is 0 Å². The zero-order valence-electron chi connectivity index (χ0n) is 15.9. The maximum absolute atomic E-state index is 14.0. The van der Waals surface area contributed by atoms with Gasteiger partial charge in [0.15, 0.2) is 0 Å². The van der Waals surface area contributed by atoms with Crippen molar-refractivity contribution in [2.24, 2.45) is 0 Å². The number of fused-ring (bicyclic) bond motifs is 1. The second-order valence-electron chi connectivity index (χ2n) is 7.31. The van der Waals surface area contributed by atoms with Gasteiger partial charge in [-0.1, -0.05) is 54.6 Å². The van der Waals surface area contributed by atoms with Crippen LogP contribution in [-0.4, -0.2) is 23.5 Å². The Balaban J connectivity index is 1.53. The highest BCUT2D eigenvalue weighted by molar-refractivity contribution is 5.89. The summed E-state index contributed by atoms with van der Waals surface area (Å²) in [6.45, 7) is 0.511. The Morgan fingerprint density at radius 3 is 2.24 bits per heavy atom. The normalized spacial score (nSPS) is 13.2. The first-order valence-corrected chi connectivity index (χ1v) is 9.73. The van der Waals surface area contributed by atoms with Gasteiger partial charge in [-0.05, 0) is 48.1 Å². The van der Waals surface area contributed by atoms with Crippen LogP contribution in [0.2, 0.25) is 0 Å². The molecule has 0 fully saturated rings. The fraction of sp³-hybridized carbons (Fsp3) is 0.208. The minimum Gasteiger partial charge on any atom is -0.321 e. The van der Waals surface area contributed by atoms with E-state index in [2.05, 4.69) is 17.4 Å². The molecule has 5 heteroatoms. The average molecular weight is 392 g/mol. The maximum atomic E-state index is 14.0. The van der Waals surface area contributed by atoms with Crippen LogP contribution in [-0.2, 0) is 19.3 Å². The predicted molar refractivity (Wildman–Crippen MR) is 110 cm³/mol. The van der Waals surface area contributed by atoms with Crippen molar-refractivity contribution < 1.29 is 13.6 Å². The quantitative estimate of drug-likeness (QED) is 0.635. The number of benzene rings is 3. The van der Waals surface area contributed by atoms with Crippen LogP contribution in [0.5, 0.6) is 0 Å². The Kier molecular flexibility index (Phi) is 5.56. The molecule has 0 spiro atoms. The number of rotatable bonds is 5. The van der Waals surface area contributed by atoms with E-state index in [0.717, 1.165) is 30.5 Å². The van der Waals surface area contributed by atoms with Crippen molar-refractivity contribution >= 4 is 11.7 Å². The molecule has 0 saturated carbocycles. The molecule has 0 aromatic heterocycles. The number of hydrogen-bond acceptors (Lipinski definition) is 1. The van der Waals surface area contributed by atoms with Gasteiger partial charge in [0.2, 0.25) is 0 Å². The molecule has 0 heterocycles. The van der Waals surface area contributed by atoms with Gasteiger partial charge in [-0.2, -0.15) is 0 Å². The van der Waals surface area contributed by atoms with Crippen LogP contribution in [0, 0.1) is 11.6 Å². The summed E-state index contributed by atoms with van der Waals surface area (Å²) in [6.07, 6.45) is 2.24. The fourth-order valence-corrected chi connectivity index (χ4v) is 3.88. The lowest BCUT2D eigenvalue weighted by molar-refractivity contribution is 0.190. The summed E-state index contributed by atoms with van der Waals surface area (Å²) in [7, 11) is 0. The van der Waals surface area contributed by atoms with Crippen molar-refractivity contribution in [2.75, 3.05) is 11.9 Å². The Morgan fingerprint density at radius 1 is 0.931 bits per heavy atom. The lowest BCUT2D eigenvalue weighted by Gasteiger charge is -2.29. The molecule has 3 nitrogen and oxygen atoms in total. The minimum absolute atomic E-state index is 0.000350. The standard InChI is InChI=1S/C24H22F2N2O/c25-20-10-11-23(22(26)16-20)27-24(29)28(13-12-17-6-2-1-3-7-17)21-14-18-8-4-5-9-19(18)15-21/h1-11,16,21H,12-15H2,(H,27,29). The molecule has 3 aromatic rings. The Labute approximate surface area is 169 Å². The molecule has 1 aliphatic rings. The van der Waals surface area contributed by atoms with Gasteiger partial charge in [-0.15, -0.1) is 0 Å². The molecule has 0 bridgehead atoms. The number of amides is 2. The number of halogens is 2. The summed E-state index contributed by atoms with van der Waals surface area (Å²) < 4.78 is 27.2. The van der Waals surface area contributed by atoms with Crippen molar-refractivity contribution in [1.82, 2.24) is 4.90 Å². The van der Waals surface area contributed by atoms with Gasteiger partial charge in [0.05, 0.1) is 5.69 Å². The third kappa shape index (κ3) is 4.45. The van der Waals surface area contributed by atoms with E-state index in [9.17, 15) is 13.6 Å². The van der Waals surface area contributed by atoms with E-state index in [-0.39, 0.29) is 17.8 Å². The van der Waals surface area contributed by atoms with Crippen LogP contribution in [0.25, 0.3) is 0 Å². The lowest BCUT2D eigenvalue weighted by atomic mass is 10.1. The highest BCUT2D eigenvalue weighted by Crippen LogP contribution is 2.26. The lowest BCUT2D eigenvalue weighted by Crippen LogP contribution is -2.44. The number of carbonyl (C=O) groups excluding carboxylic acids is 1. The summed E-state index contributed by atoms with van der Waals surface area (Å²) in [5.41, 5.74) is 3.59. The van der Waals surface area contributed by atoms with E-state index in [0.29, 0.717) is 13.0 Å². The number of nitrogens with zero attached hydrogens (tertiary/aromatic N) is 1. The van der Waals surface area contributed by atoms with Crippen molar-refractivity contribution in [3.63, 3.8) is 0 Å². The second kappa shape index (κ2) is 8.43. The van der Waals surface area contributed by atoms with Crippen molar-refractivity contribution in [1.29, 1.82) is 0 Å². The van der Waals surface area contributed by atoms with Gasteiger partial charge >= 0.3 is 6.03 Å². The third-order valence-electron chi connectivity index (χ3n) is 5.39. The smallest absolute Gasteiger partial charge is 0.321 e. The summed E-state index contributed by atoms with van der Waals surface area (Å²) in [6, 6.07) is 20.9. The zero-order chi connectivity index (χ0) is 20.2. The second-order valence-corrected chi connectivity index (χ2v) is 7.31. The molecule has 0 aliphatic heterocycles. The highest BCUT2D eigenvalue weighted by atomic mass is 19.1. The predicted octanol–water partition coefficient (Wildman–Crippen LogP) is 5.21. The van der Waals surface area contributed by atoms with E-state index < -0.39 is 11.6 Å². The van der Waals surface area contributed by atoms with Gasteiger partial charge in [0, 0.05) is 18.7 Å². The van der Waals surface area contributed by atoms with Gasteiger partial charge in [-0.3, -0.25) is 0 Å². The molecule has 3 aromatic carbocycles. The zero-order valence-corrected chi connectivity index (χ0v) is 15.9. The number of urea groups is 1. The van der Waals surface area contributed by atoms with Crippen molar-refractivity contribution in [3.05, 3.63) is 101 Å². The third-order valence-corrected chi connectivity index (χ3v) is 5.39. The molecule has 2 amide bonds. The minimum atomic E-state index is -0.781. The van der Waals surface area contributed by atoms with Crippen molar-refractivity contribution in [3.8, 4) is 0 Å². The largest absolute Gasteiger partial charge is 0.322 e. The van der Waals surface area contributed by atoms with Gasteiger partial charge in [0.25, 0.3) is 0 Å². The highest BCUT2D eigenvalue weighted by Gasteiger charge is 2.30. The number of nitrogens with one attached hydrogen (secondary N) is 1. The van der Waals surface area contributed by atoms with E-state index in [1.165, 1.54) is 17.2 Å². The SMILES string of the molecule is O=C(Nc1ccc(F)cc1F)N(CCc1ccccc1)C1Cc2ccccc2C1.